The van der Waals surface area contributed by atoms with Gasteiger partial charge in [0.25, 0.3) is 0 Å². The second kappa shape index (κ2) is 3.77. The van der Waals surface area contributed by atoms with Crippen LogP contribution in [0.2, 0.25) is 5.02 Å². The smallest absolute Gasteiger partial charge is 0.143 e. The van der Waals surface area contributed by atoms with Crippen molar-refractivity contribution in [3.63, 3.8) is 0 Å². The molecule has 0 bridgehead atoms. The molecule has 3 heteroatoms. The summed E-state index contributed by atoms with van der Waals surface area (Å²) in [6.45, 7) is 3.87. The fourth-order valence-electron chi connectivity index (χ4n) is 2.35. The monoisotopic (exact) mass is 238 g/mol. The molecule has 1 aliphatic carbocycles. The summed E-state index contributed by atoms with van der Waals surface area (Å²) in [5.41, 5.74) is 1.62. The normalized spacial score (nSPS) is 18.1. The minimum atomic E-state index is -0.475. The third-order valence-electron chi connectivity index (χ3n) is 3.32. The molecular weight excluding hydrogens is 224 g/mol. The van der Waals surface area contributed by atoms with Crippen LogP contribution < -0.4 is 4.74 Å². The number of aryl methyl sites for hydroxylation is 1. The molecule has 0 saturated heterocycles. The number of methoxy groups -OCH3 is 1. The Morgan fingerprint density at radius 1 is 1.31 bits per heavy atom. The van der Waals surface area contributed by atoms with Crippen molar-refractivity contribution in [3.8, 4) is 5.75 Å². The van der Waals surface area contributed by atoms with Gasteiger partial charge in [-0.05, 0) is 43.5 Å². The van der Waals surface area contributed by atoms with Crippen LogP contribution in [-0.4, -0.2) is 12.9 Å². The van der Waals surface area contributed by atoms with Crippen molar-refractivity contribution in [1.82, 2.24) is 0 Å². The minimum absolute atomic E-state index is 0.257. The lowest BCUT2D eigenvalue weighted by Crippen LogP contribution is -2.34. The van der Waals surface area contributed by atoms with Gasteiger partial charge in [-0.2, -0.15) is 0 Å². The summed E-state index contributed by atoms with van der Waals surface area (Å²) in [6.07, 6.45) is 1.35. The summed E-state index contributed by atoms with van der Waals surface area (Å²) < 4.78 is 5.19. The highest BCUT2D eigenvalue weighted by Crippen LogP contribution is 2.40. The molecular formula is C13H15ClO2. The molecule has 1 aliphatic rings. The van der Waals surface area contributed by atoms with E-state index < -0.39 is 5.41 Å². The van der Waals surface area contributed by atoms with Crippen LogP contribution in [0.3, 0.4) is 0 Å². The van der Waals surface area contributed by atoms with Gasteiger partial charge in [-0.15, -0.1) is 0 Å². The lowest BCUT2D eigenvalue weighted by molar-refractivity contribution is -0.124. The van der Waals surface area contributed by atoms with E-state index in [0.29, 0.717) is 11.4 Å². The average Bonchev–Trinajstić information content (AvgIpc) is 2.22. The number of hydrogen-bond acceptors (Lipinski definition) is 2. The molecule has 0 saturated carbocycles. The van der Waals surface area contributed by atoms with Crippen LogP contribution in [0.15, 0.2) is 12.1 Å². The van der Waals surface area contributed by atoms with Gasteiger partial charge in [0.05, 0.1) is 7.11 Å². The molecule has 0 aliphatic heterocycles. The van der Waals surface area contributed by atoms with E-state index in [1.54, 1.807) is 13.2 Å². The van der Waals surface area contributed by atoms with E-state index in [0.717, 1.165) is 23.3 Å². The largest absolute Gasteiger partial charge is 0.497 e. The molecule has 0 fully saturated rings. The predicted molar refractivity (Wildman–Crippen MR) is 64.4 cm³/mol. The quantitative estimate of drug-likeness (QED) is 0.751. The Morgan fingerprint density at radius 3 is 2.62 bits per heavy atom. The van der Waals surface area contributed by atoms with Crippen molar-refractivity contribution < 1.29 is 9.53 Å². The molecule has 2 rings (SSSR count). The van der Waals surface area contributed by atoms with Crippen molar-refractivity contribution >= 4 is 17.4 Å². The van der Waals surface area contributed by atoms with Gasteiger partial charge in [0.15, 0.2) is 0 Å². The number of rotatable bonds is 1. The molecule has 0 spiro atoms. The lowest BCUT2D eigenvalue weighted by atomic mass is 9.72. The molecule has 0 aromatic heterocycles. The maximum Gasteiger partial charge on any atom is 0.143 e. The third kappa shape index (κ3) is 1.61. The summed E-state index contributed by atoms with van der Waals surface area (Å²) in [4.78, 5) is 11.9. The summed E-state index contributed by atoms with van der Waals surface area (Å²) >= 11 is 6.24. The number of carbonyl (C=O) groups is 1. The Morgan fingerprint density at radius 2 is 2.00 bits per heavy atom. The zero-order valence-electron chi connectivity index (χ0n) is 9.76. The number of halogens is 1. The van der Waals surface area contributed by atoms with Crippen LogP contribution in [0.5, 0.6) is 5.75 Å². The Balaban J connectivity index is 2.64. The Labute approximate surface area is 101 Å². The van der Waals surface area contributed by atoms with Crippen molar-refractivity contribution in [3.05, 3.63) is 28.3 Å². The SMILES string of the molecule is COc1cc(Cl)c2c(c1)CCC(=O)C2(C)C. The number of ether oxygens (including phenoxy) is 1. The summed E-state index contributed by atoms with van der Waals surface area (Å²) in [6, 6.07) is 3.76. The van der Waals surface area contributed by atoms with Crippen LogP contribution >= 0.6 is 11.6 Å². The first kappa shape index (κ1) is 11.5. The maximum atomic E-state index is 11.9. The highest BCUT2D eigenvalue weighted by atomic mass is 35.5. The molecule has 1 aromatic rings. The molecule has 0 amide bonds. The Kier molecular flexibility index (Phi) is 2.70. The standard InChI is InChI=1S/C13H15ClO2/c1-13(2)11(15)5-4-8-6-9(16-3)7-10(14)12(8)13/h6-7H,4-5H2,1-3H3. The first-order valence-electron chi connectivity index (χ1n) is 5.37. The van der Waals surface area contributed by atoms with Gasteiger partial charge in [0, 0.05) is 16.9 Å². The molecule has 0 radical (unpaired) electrons. The molecule has 86 valence electrons. The van der Waals surface area contributed by atoms with Crippen LogP contribution in [-0.2, 0) is 16.6 Å². The van der Waals surface area contributed by atoms with Crippen LogP contribution in [0, 0.1) is 0 Å². The number of Topliss-reactive ketones (excluding diaryl/α,β-unsaturated/α-hetero) is 1. The van der Waals surface area contributed by atoms with Gasteiger partial charge in [-0.3, -0.25) is 4.79 Å². The van der Waals surface area contributed by atoms with Crippen LogP contribution in [0.25, 0.3) is 0 Å². The van der Waals surface area contributed by atoms with Gasteiger partial charge in [-0.1, -0.05) is 11.6 Å². The van der Waals surface area contributed by atoms with E-state index >= 15 is 0 Å². The fourth-order valence-corrected chi connectivity index (χ4v) is 2.82. The summed E-state index contributed by atoms with van der Waals surface area (Å²) in [7, 11) is 1.62. The average molecular weight is 239 g/mol. The van der Waals surface area contributed by atoms with Gasteiger partial charge < -0.3 is 4.74 Å². The van der Waals surface area contributed by atoms with Crippen molar-refractivity contribution in [2.45, 2.75) is 32.1 Å². The third-order valence-corrected chi connectivity index (χ3v) is 3.62. The lowest BCUT2D eigenvalue weighted by Gasteiger charge is -2.32. The van der Waals surface area contributed by atoms with Crippen LogP contribution in [0.1, 0.15) is 31.4 Å². The number of ketones is 1. The maximum absolute atomic E-state index is 11.9. The minimum Gasteiger partial charge on any atom is -0.497 e. The highest BCUT2D eigenvalue weighted by Gasteiger charge is 2.37. The van der Waals surface area contributed by atoms with E-state index in [1.165, 1.54) is 0 Å². The molecule has 0 atom stereocenters. The topological polar surface area (TPSA) is 26.3 Å². The van der Waals surface area contributed by atoms with Gasteiger partial charge >= 0.3 is 0 Å². The molecule has 16 heavy (non-hydrogen) atoms. The predicted octanol–water partition coefficient (Wildman–Crippen LogP) is 3.14. The summed E-state index contributed by atoms with van der Waals surface area (Å²) in [5.74, 6) is 1.01. The zero-order valence-corrected chi connectivity index (χ0v) is 10.5. The number of carbonyl (C=O) groups excluding carboxylic acids is 1. The van der Waals surface area contributed by atoms with E-state index in [-0.39, 0.29) is 5.78 Å². The number of hydrogen-bond donors (Lipinski definition) is 0. The van der Waals surface area contributed by atoms with E-state index in [1.807, 2.05) is 19.9 Å². The van der Waals surface area contributed by atoms with E-state index in [2.05, 4.69) is 0 Å². The van der Waals surface area contributed by atoms with Crippen molar-refractivity contribution in [2.24, 2.45) is 0 Å². The number of fused-ring (bicyclic) bond motifs is 1. The second-order valence-corrected chi connectivity index (χ2v) is 5.10. The molecule has 0 N–H and O–H groups in total. The van der Waals surface area contributed by atoms with Crippen molar-refractivity contribution in [1.29, 1.82) is 0 Å². The molecule has 0 unspecified atom stereocenters. The van der Waals surface area contributed by atoms with Gasteiger partial charge in [0.1, 0.15) is 11.5 Å². The van der Waals surface area contributed by atoms with E-state index in [9.17, 15) is 4.79 Å². The second-order valence-electron chi connectivity index (χ2n) is 4.69. The Hall–Kier alpha value is -1.02. The van der Waals surface area contributed by atoms with Gasteiger partial charge in [0.2, 0.25) is 0 Å². The molecule has 2 nitrogen and oxygen atoms in total. The van der Waals surface area contributed by atoms with Gasteiger partial charge in [-0.25, -0.2) is 0 Å². The Bertz CT molecular complexity index is 449. The number of benzene rings is 1. The first-order chi connectivity index (χ1) is 7.46. The van der Waals surface area contributed by atoms with Crippen LogP contribution in [0.4, 0.5) is 0 Å². The molecule has 0 heterocycles. The zero-order chi connectivity index (χ0) is 11.9. The first-order valence-corrected chi connectivity index (χ1v) is 5.75. The summed E-state index contributed by atoms with van der Waals surface area (Å²) in [5, 5.41) is 0.632. The van der Waals surface area contributed by atoms with E-state index in [4.69, 9.17) is 16.3 Å². The van der Waals surface area contributed by atoms with Crippen molar-refractivity contribution in [2.75, 3.05) is 7.11 Å². The highest BCUT2D eigenvalue weighted by molar-refractivity contribution is 6.32. The fraction of sp³-hybridized carbons (Fsp3) is 0.462. The molecule has 1 aromatic carbocycles.